The third-order valence-electron chi connectivity index (χ3n) is 3.08. The average molecular weight is 230 g/mol. The van der Waals surface area contributed by atoms with Gasteiger partial charge in [0.1, 0.15) is 6.73 Å². The molecule has 0 bridgehead atoms. The maximum atomic E-state index is 12.3. The zero-order valence-electron chi connectivity index (χ0n) is 9.48. The Kier molecular flexibility index (Phi) is 2.57. The number of aromatic nitrogens is 1. The Bertz CT molecular complexity index is 541. The molecule has 0 radical (unpaired) electrons. The van der Waals surface area contributed by atoms with Crippen LogP contribution in [0.5, 0.6) is 0 Å². The number of H-pyrrole nitrogens is 1. The van der Waals surface area contributed by atoms with Gasteiger partial charge in [0.25, 0.3) is 5.91 Å². The second-order valence-electron chi connectivity index (χ2n) is 4.20. The van der Waals surface area contributed by atoms with Crippen molar-refractivity contribution in [3.63, 3.8) is 0 Å². The second kappa shape index (κ2) is 4.22. The van der Waals surface area contributed by atoms with E-state index < -0.39 is 0 Å². The lowest BCUT2D eigenvalue weighted by Crippen LogP contribution is -2.38. The summed E-state index contributed by atoms with van der Waals surface area (Å²) in [7, 11) is 0. The molecule has 0 saturated carbocycles. The first-order valence-electron chi connectivity index (χ1n) is 5.79. The van der Waals surface area contributed by atoms with E-state index in [1.807, 2.05) is 30.5 Å². The van der Waals surface area contributed by atoms with E-state index in [1.165, 1.54) is 0 Å². The highest BCUT2D eigenvalue weighted by Gasteiger charge is 2.20. The third-order valence-corrected chi connectivity index (χ3v) is 3.08. The Hall–Kier alpha value is -1.81. The summed E-state index contributed by atoms with van der Waals surface area (Å²) in [6.07, 6.45) is 2.77. The van der Waals surface area contributed by atoms with Gasteiger partial charge in [0.05, 0.1) is 6.61 Å². The van der Waals surface area contributed by atoms with Crippen LogP contribution in [0, 0.1) is 0 Å². The number of carbonyl (C=O) groups is 1. The van der Waals surface area contributed by atoms with Crippen LogP contribution in [0.2, 0.25) is 0 Å². The first kappa shape index (κ1) is 10.4. The number of hydrogen-bond donors (Lipinski definition) is 1. The lowest BCUT2D eigenvalue weighted by atomic mass is 10.1. The monoisotopic (exact) mass is 230 g/mol. The van der Waals surface area contributed by atoms with Crippen LogP contribution < -0.4 is 0 Å². The van der Waals surface area contributed by atoms with Crippen LogP contribution in [0.3, 0.4) is 0 Å². The minimum absolute atomic E-state index is 0.0508. The van der Waals surface area contributed by atoms with Crippen LogP contribution in [0.15, 0.2) is 30.5 Å². The number of rotatable bonds is 1. The van der Waals surface area contributed by atoms with E-state index in [0.29, 0.717) is 6.73 Å². The van der Waals surface area contributed by atoms with Crippen LogP contribution in [-0.2, 0) is 4.74 Å². The second-order valence-corrected chi connectivity index (χ2v) is 4.20. The Morgan fingerprint density at radius 1 is 1.35 bits per heavy atom. The fourth-order valence-electron chi connectivity index (χ4n) is 2.20. The normalized spacial score (nSPS) is 16.4. The molecule has 2 aromatic rings. The number of carbonyl (C=O) groups excluding carboxylic acids is 1. The van der Waals surface area contributed by atoms with Crippen LogP contribution in [-0.4, -0.2) is 35.7 Å². The third kappa shape index (κ3) is 1.80. The van der Waals surface area contributed by atoms with Gasteiger partial charge in [-0.1, -0.05) is 6.07 Å². The van der Waals surface area contributed by atoms with Gasteiger partial charge in [0.15, 0.2) is 0 Å². The van der Waals surface area contributed by atoms with Gasteiger partial charge in [-0.25, -0.2) is 0 Å². The van der Waals surface area contributed by atoms with Crippen LogP contribution in [0.4, 0.5) is 0 Å². The van der Waals surface area contributed by atoms with E-state index in [2.05, 4.69) is 4.98 Å². The predicted molar refractivity (Wildman–Crippen MR) is 64.8 cm³/mol. The van der Waals surface area contributed by atoms with Crippen molar-refractivity contribution in [3.05, 3.63) is 36.0 Å². The van der Waals surface area contributed by atoms with Crippen LogP contribution >= 0.6 is 0 Å². The van der Waals surface area contributed by atoms with E-state index in [-0.39, 0.29) is 5.91 Å². The summed E-state index contributed by atoms with van der Waals surface area (Å²) in [4.78, 5) is 17.2. The Morgan fingerprint density at radius 3 is 3.12 bits per heavy atom. The van der Waals surface area contributed by atoms with Gasteiger partial charge in [0, 0.05) is 29.2 Å². The van der Waals surface area contributed by atoms with Crippen LogP contribution in [0.1, 0.15) is 16.8 Å². The summed E-state index contributed by atoms with van der Waals surface area (Å²) >= 11 is 0. The van der Waals surface area contributed by atoms with E-state index in [4.69, 9.17) is 4.74 Å². The Balaban J connectivity index is 1.97. The van der Waals surface area contributed by atoms with Crippen molar-refractivity contribution in [3.8, 4) is 0 Å². The maximum Gasteiger partial charge on any atom is 0.256 e. The number of nitrogens with zero attached hydrogens (tertiary/aromatic N) is 1. The van der Waals surface area contributed by atoms with Gasteiger partial charge in [0.2, 0.25) is 0 Å². The van der Waals surface area contributed by atoms with E-state index in [0.717, 1.165) is 36.0 Å². The summed E-state index contributed by atoms with van der Waals surface area (Å²) in [5.74, 6) is 0.0508. The molecule has 88 valence electrons. The largest absolute Gasteiger partial charge is 0.361 e. The molecule has 0 unspecified atom stereocenters. The summed E-state index contributed by atoms with van der Waals surface area (Å²) in [5.41, 5.74) is 1.74. The van der Waals surface area contributed by atoms with Gasteiger partial charge < -0.3 is 14.6 Å². The molecule has 17 heavy (non-hydrogen) atoms. The minimum Gasteiger partial charge on any atom is -0.361 e. The summed E-state index contributed by atoms with van der Waals surface area (Å²) in [6.45, 7) is 1.93. The Labute approximate surface area is 99.2 Å². The highest BCUT2D eigenvalue weighted by Crippen LogP contribution is 2.19. The molecule has 0 atom stereocenters. The fourth-order valence-corrected chi connectivity index (χ4v) is 2.20. The van der Waals surface area contributed by atoms with Crippen molar-refractivity contribution in [2.45, 2.75) is 6.42 Å². The Morgan fingerprint density at radius 2 is 2.29 bits per heavy atom. The summed E-state index contributed by atoms with van der Waals surface area (Å²) in [6, 6.07) is 7.68. The van der Waals surface area contributed by atoms with Gasteiger partial charge in [-0.05, 0) is 24.6 Å². The van der Waals surface area contributed by atoms with Crippen molar-refractivity contribution in [2.75, 3.05) is 19.9 Å². The number of nitrogens with one attached hydrogen (secondary N) is 1. The first-order chi connectivity index (χ1) is 8.36. The highest BCUT2D eigenvalue weighted by atomic mass is 16.5. The zero-order chi connectivity index (χ0) is 11.7. The van der Waals surface area contributed by atoms with E-state index in [1.54, 1.807) is 4.90 Å². The van der Waals surface area contributed by atoms with E-state index >= 15 is 0 Å². The average Bonchev–Trinajstić information content (AvgIpc) is 2.87. The number of amides is 1. The predicted octanol–water partition coefficient (Wildman–Crippen LogP) is 1.99. The SMILES string of the molecule is O=C(c1cccc2[nH]ccc12)N1CCCOC1. The molecule has 2 heterocycles. The van der Waals surface area contributed by atoms with Crippen molar-refractivity contribution in [2.24, 2.45) is 0 Å². The minimum atomic E-state index is 0.0508. The number of aromatic amines is 1. The quantitative estimate of drug-likeness (QED) is 0.814. The van der Waals surface area contributed by atoms with Gasteiger partial charge in [-0.2, -0.15) is 0 Å². The van der Waals surface area contributed by atoms with Crippen molar-refractivity contribution < 1.29 is 9.53 Å². The smallest absolute Gasteiger partial charge is 0.256 e. The van der Waals surface area contributed by atoms with Gasteiger partial charge in [-0.15, -0.1) is 0 Å². The lowest BCUT2D eigenvalue weighted by Gasteiger charge is -2.26. The molecule has 1 N–H and O–H groups in total. The van der Waals surface area contributed by atoms with Gasteiger partial charge in [-0.3, -0.25) is 4.79 Å². The molecule has 1 amide bonds. The molecule has 1 saturated heterocycles. The molecule has 1 aromatic carbocycles. The molecule has 1 aromatic heterocycles. The number of hydrogen-bond acceptors (Lipinski definition) is 2. The molecule has 0 spiro atoms. The summed E-state index contributed by atoms with van der Waals surface area (Å²) in [5, 5.41) is 0.975. The number of ether oxygens (including phenoxy) is 1. The summed E-state index contributed by atoms with van der Waals surface area (Å²) < 4.78 is 5.32. The molecular formula is C13H14N2O2. The molecule has 0 aliphatic carbocycles. The molecule has 1 aliphatic rings. The lowest BCUT2D eigenvalue weighted by molar-refractivity contribution is -0.00559. The number of fused-ring (bicyclic) bond motifs is 1. The van der Waals surface area contributed by atoms with Crippen molar-refractivity contribution in [1.82, 2.24) is 9.88 Å². The first-order valence-corrected chi connectivity index (χ1v) is 5.79. The molecule has 1 fully saturated rings. The topological polar surface area (TPSA) is 45.3 Å². The van der Waals surface area contributed by atoms with Gasteiger partial charge >= 0.3 is 0 Å². The zero-order valence-corrected chi connectivity index (χ0v) is 9.48. The molecule has 4 heteroatoms. The van der Waals surface area contributed by atoms with Crippen LogP contribution in [0.25, 0.3) is 10.9 Å². The number of benzene rings is 1. The van der Waals surface area contributed by atoms with E-state index in [9.17, 15) is 4.79 Å². The molecular weight excluding hydrogens is 216 g/mol. The maximum absolute atomic E-state index is 12.3. The van der Waals surface area contributed by atoms with Crippen molar-refractivity contribution >= 4 is 16.8 Å². The standard InChI is InChI=1S/C13H14N2O2/c16-13(15-7-2-8-17-9-15)11-3-1-4-12-10(11)5-6-14-12/h1,3-6,14H,2,7-9H2. The highest BCUT2D eigenvalue weighted by molar-refractivity contribution is 6.06. The molecule has 1 aliphatic heterocycles. The molecule has 3 rings (SSSR count). The molecule has 4 nitrogen and oxygen atoms in total. The van der Waals surface area contributed by atoms with Crippen molar-refractivity contribution in [1.29, 1.82) is 0 Å². The fraction of sp³-hybridized carbons (Fsp3) is 0.308.